The normalized spacial score (nSPS) is 19.1. The molecule has 1 aliphatic rings. The zero-order chi connectivity index (χ0) is 18.0. The van der Waals surface area contributed by atoms with Gasteiger partial charge in [-0.3, -0.25) is 9.69 Å². The molecule has 1 N–H and O–H groups in total. The highest BCUT2D eigenvalue weighted by molar-refractivity contribution is 5.73. The van der Waals surface area contributed by atoms with Crippen LogP contribution in [0.25, 0.3) is 11.3 Å². The molecule has 1 aromatic heterocycles. The molecule has 0 amide bonds. The largest absolute Gasteiger partial charge is 0.480 e. The Morgan fingerprint density at radius 3 is 2.76 bits per heavy atom. The van der Waals surface area contributed by atoms with Gasteiger partial charge in [0.05, 0.1) is 12.1 Å². The molecule has 1 fully saturated rings. The Labute approximate surface area is 142 Å². The quantitative estimate of drug-likeness (QED) is 0.885. The molecule has 1 aromatic carbocycles. The van der Waals surface area contributed by atoms with E-state index in [0.29, 0.717) is 36.6 Å². The summed E-state index contributed by atoms with van der Waals surface area (Å²) in [6, 6.07) is 7.70. The first-order chi connectivity index (χ1) is 11.8. The second kappa shape index (κ2) is 6.92. The number of halogens is 3. The Morgan fingerprint density at radius 1 is 1.24 bits per heavy atom. The van der Waals surface area contributed by atoms with E-state index in [2.05, 4.69) is 0 Å². The van der Waals surface area contributed by atoms with Gasteiger partial charge in [-0.15, -0.1) is 0 Å². The van der Waals surface area contributed by atoms with E-state index in [4.69, 9.17) is 4.42 Å². The second-order valence-corrected chi connectivity index (χ2v) is 6.16. The molecule has 0 bridgehead atoms. The third-order valence-electron chi connectivity index (χ3n) is 4.39. The Kier molecular flexibility index (Phi) is 4.85. The molecule has 3 rings (SSSR count). The molecular formula is C18H18F3NO3. The highest BCUT2D eigenvalue weighted by Crippen LogP contribution is 2.33. The second-order valence-electron chi connectivity index (χ2n) is 6.16. The minimum Gasteiger partial charge on any atom is -0.480 e. The van der Waals surface area contributed by atoms with Crippen molar-refractivity contribution < 1.29 is 27.5 Å². The van der Waals surface area contributed by atoms with Gasteiger partial charge in [-0.25, -0.2) is 0 Å². The molecule has 134 valence electrons. The maximum atomic E-state index is 12.8. The fourth-order valence-electron chi connectivity index (χ4n) is 3.13. The number of rotatable bonds is 4. The summed E-state index contributed by atoms with van der Waals surface area (Å²) in [5, 5.41) is 9.30. The van der Waals surface area contributed by atoms with E-state index < -0.39 is 23.8 Å². The summed E-state index contributed by atoms with van der Waals surface area (Å²) in [6.07, 6.45) is -2.02. The molecule has 0 radical (unpaired) electrons. The van der Waals surface area contributed by atoms with Gasteiger partial charge in [0.2, 0.25) is 0 Å². The molecule has 25 heavy (non-hydrogen) atoms. The van der Waals surface area contributed by atoms with E-state index >= 15 is 0 Å². The summed E-state index contributed by atoms with van der Waals surface area (Å²) >= 11 is 0. The number of likely N-dealkylation sites (tertiary alicyclic amines) is 1. The van der Waals surface area contributed by atoms with Crippen molar-refractivity contribution in [1.82, 2.24) is 4.90 Å². The minimum atomic E-state index is -4.41. The number of benzene rings is 1. The van der Waals surface area contributed by atoms with Gasteiger partial charge >= 0.3 is 12.1 Å². The lowest BCUT2D eigenvalue weighted by Crippen LogP contribution is -2.43. The van der Waals surface area contributed by atoms with Crippen LogP contribution in [0, 0.1) is 0 Å². The summed E-state index contributed by atoms with van der Waals surface area (Å²) in [7, 11) is 0. The lowest BCUT2D eigenvalue weighted by molar-refractivity contribution is -0.145. The van der Waals surface area contributed by atoms with Crippen LogP contribution in [0.1, 0.15) is 30.6 Å². The van der Waals surface area contributed by atoms with Gasteiger partial charge in [0.1, 0.15) is 17.6 Å². The van der Waals surface area contributed by atoms with Crippen LogP contribution in [0.3, 0.4) is 0 Å². The van der Waals surface area contributed by atoms with Crippen molar-refractivity contribution in [2.75, 3.05) is 6.54 Å². The first kappa shape index (κ1) is 17.5. The lowest BCUT2D eigenvalue weighted by atomic mass is 10.0. The number of alkyl halides is 3. The maximum Gasteiger partial charge on any atom is 0.416 e. The van der Waals surface area contributed by atoms with E-state index in [-0.39, 0.29) is 0 Å². The van der Waals surface area contributed by atoms with Gasteiger partial charge in [-0.05, 0) is 43.7 Å². The van der Waals surface area contributed by atoms with E-state index in [1.165, 1.54) is 6.07 Å². The van der Waals surface area contributed by atoms with Gasteiger partial charge in [-0.2, -0.15) is 13.2 Å². The number of piperidine rings is 1. The van der Waals surface area contributed by atoms with Crippen LogP contribution in [0.5, 0.6) is 0 Å². The van der Waals surface area contributed by atoms with Gasteiger partial charge < -0.3 is 9.52 Å². The Balaban J connectivity index is 1.77. The van der Waals surface area contributed by atoms with Crippen LogP contribution >= 0.6 is 0 Å². The third kappa shape index (κ3) is 4.04. The van der Waals surface area contributed by atoms with Crippen molar-refractivity contribution in [3.05, 3.63) is 47.7 Å². The number of aliphatic carboxylic acids is 1. The molecule has 0 saturated carbocycles. The SMILES string of the molecule is O=C(O)C1CCCCN1Cc1ccc(-c2cccc(C(F)(F)F)c2)o1. The smallest absolute Gasteiger partial charge is 0.416 e. The minimum absolute atomic E-state index is 0.329. The fourth-order valence-corrected chi connectivity index (χ4v) is 3.13. The molecule has 1 unspecified atom stereocenters. The number of carbonyl (C=O) groups is 1. The predicted molar refractivity (Wildman–Crippen MR) is 84.8 cm³/mol. The van der Waals surface area contributed by atoms with Crippen molar-refractivity contribution in [3.8, 4) is 11.3 Å². The highest BCUT2D eigenvalue weighted by atomic mass is 19.4. The fraction of sp³-hybridized carbons (Fsp3) is 0.389. The lowest BCUT2D eigenvalue weighted by Gasteiger charge is -2.31. The topological polar surface area (TPSA) is 53.7 Å². The number of furan rings is 1. The monoisotopic (exact) mass is 353 g/mol. The van der Waals surface area contributed by atoms with Crippen LogP contribution in [-0.4, -0.2) is 28.6 Å². The highest BCUT2D eigenvalue weighted by Gasteiger charge is 2.31. The summed E-state index contributed by atoms with van der Waals surface area (Å²) in [4.78, 5) is 13.2. The Bertz CT molecular complexity index is 754. The van der Waals surface area contributed by atoms with Crippen molar-refractivity contribution in [1.29, 1.82) is 0 Å². The van der Waals surface area contributed by atoms with E-state index in [0.717, 1.165) is 25.0 Å². The zero-order valence-electron chi connectivity index (χ0n) is 13.4. The van der Waals surface area contributed by atoms with Gasteiger partial charge in [0.15, 0.2) is 0 Å². The van der Waals surface area contributed by atoms with Crippen molar-refractivity contribution in [3.63, 3.8) is 0 Å². The Morgan fingerprint density at radius 2 is 2.04 bits per heavy atom. The molecule has 2 aromatic rings. The van der Waals surface area contributed by atoms with Crippen LogP contribution in [-0.2, 0) is 17.5 Å². The van der Waals surface area contributed by atoms with E-state index in [1.54, 1.807) is 18.2 Å². The molecule has 4 nitrogen and oxygen atoms in total. The first-order valence-corrected chi connectivity index (χ1v) is 8.08. The van der Waals surface area contributed by atoms with Gasteiger partial charge in [-0.1, -0.05) is 18.6 Å². The summed E-state index contributed by atoms with van der Waals surface area (Å²) in [5.74, 6) is 0.0231. The van der Waals surface area contributed by atoms with Crippen LogP contribution in [0.4, 0.5) is 13.2 Å². The zero-order valence-corrected chi connectivity index (χ0v) is 13.4. The maximum absolute atomic E-state index is 12.8. The third-order valence-corrected chi connectivity index (χ3v) is 4.39. The van der Waals surface area contributed by atoms with E-state index in [1.807, 2.05) is 4.90 Å². The number of hydrogen-bond donors (Lipinski definition) is 1. The van der Waals surface area contributed by atoms with Crippen LogP contribution < -0.4 is 0 Å². The first-order valence-electron chi connectivity index (χ1n) is 8.08. The average Bonchev–Trinajstić information content (AvgIpc) is 3.03. The van der Waals surface area contributed by atoms with Crippen LogP contribution in [0.15, 0.2) is 40.8 Å². The summed E-state index contributed by atoms with van der Waals surface area (Å²) < 4.78 is 44.1. The standard InChI is InChI=1S/C18H18F3NO3/c19-18(20,21)13-5-3-4-12(10-13)16-8-7-14(25-16)11-22-9-2-1-6-15(22)17(23)24/h3-5,7-8,10,15H,1-2,6,9,11H2,(H,23,24). The number of carboxylic acids is 1. The molecular weight excluding hydrogens is 335 g/mol. The molecule has 1 saturated heterocycles. The summed E-state index contributed by atoms with van der Waals surface area (Å²) in [6.45, 7) is 0.993. The molecule has 7 heteroatoms. The number of nitrogens with zero attached hydrogens (tertiary/aromatic N) is 1. The summed E-state index contributed by atoms with van der Waals surface area (Å²) in [5.41, 5.74) is -0.389. The Hall–Kier alpha value is -2.28. The van der Waals surface area contributed by atoms with Gasteiger partial charge in [0, 0.05) is 5.56 Å². The number of carboxylic acid groups (broad SMARTS) is 1. The van der Waals surface area contributed by atoms with Crippen LogP contribution in [0.2, 0.25) is 0 Å². The molecule has 1 aliphatic heterocycles. The average molecular weight is 353 g/mol. The van der Waals surface area contributed by atoms with Gasteiger partial charge in [0.25, 0.3) is 0 Å². The molecule has 0 aliphatic carbocycles. The number of hydrogen-bond acceptors (Lipinski definition) is 3. The van der Waals surface area contributed by atoms with Crippen molar-refractivity contribution in [2.45, 2.75) is 38.0 Å². The molecule has 1 atom stereocenters. The van der Waals surface area contributed by atoms with Crippen molar-refractivity contribution >= 4 is 5.97 Å². The van der Waals surface area contributed by atoms with E-state index in [9.17, 15) is 23.1 Å². The van der Waals surface area contributed by atoms with Crippen molar-refractivity contribution in [2.24, 2.45) is 0 Å². The molecule has 2 heterocycles. The predicted octanol–water partition coefficient (Wildman–Crippen LogP) is 4.40. The molecule has 0 spiro atoms.